The first-order valence-corrected chi connectivity index (χ1v) is 5.12. The van der Waals surface area contributed by atoms with Crippen molar-refractivity contribution in [2.24, 2.45) is 5.41 Å². The summed E-state index contributed by atoms with van der Waals surface area (Å²) < 4.78 is 0. The van der Waals surface area contributed by atoms with Crippen molar-refractivity contribution in [1.82, 2.24) is 0 Å². The molecule has 0 aromatic rings. The zero-order valence-electron chi connectivity index (χ0n) is 8.08. The standard InChI is InChI=1S/C10H20O3/c11-7-9(13)6-10(8-12)4-2-1-3-5-10/h9,11-13H,1-8H2. The Labute approximate surface area is 79.4 Å². The Morgan fingerprint density at radius 2 is 1.69 bits per heavy atom. The molecule has 3 N–H and O–H groups in total. The van der Waals surface area contributed by atoms with Gasteiger partial charge in [-0.05, 0) is 24.7 Å². The summed E-state index contributed by atoms with van der Waals surface area (Å²) in [5.74, 6) is 0. The lowest BCUT2D eigenvalue weighted by atomic mass is 9.71. The third-order valence-electron chi connectivity index (χ3n) is 3.13. The van der Waals surface area contributed by atoms with E-state index < -0.39 is 6.10 Å². The van der Waals surface area contributed by atoms with E-state index in [0.717, 1.165) is 25.7 Å². The Kier molecular flexibility index (Phi) is 4.16. The number of aliphatic hydroxyl groups excluding tert-OH is 3. The average molecular weight is 188 g/mol. The van der Waals surface area contributed by atoms with Crippen LogP contribution in [0.1, 0.15) is 38.5 Å². The van der Waals surface area contributed by atoms with Gasteiger partial charge in [0, 0.05) is 6.61 Å². The SMILES string of the molecule is OCC(O)CC1(CO)CCCCC1. The van der Waals surface area contributed by atoms with Gasteiger partial charge in [0.05, 0.1) is 12.7 Å². The molecule has 0 amide bonds. The lowest BCUT2D eigenvalue weighted by molar-refractivity contribution is 0.000765. The molecule has 3 heteroatoms. The van der Waals surface area contributed by atoms with Crippen LogP contribution in [0, 0.1) is 5.41 Å². The Balaban J connectivity index is 2.47. The van der Waals surface area contributed by atoms with Gasteiger partial charge in [0.25, 0.3) is 0 Å². The number of hydrogen-bond donors (Lipinski definition) is 3. The first-order valence-electron chi connectivity index (χ1n) is 5.12. The summed E-state index contributed by atoms with van der Waals surface area (Å²) in [6.45, 7) is -0.0498. The molecule has 1 rings (SSSR count). The molecular formula is C10H20O3. The predicted octanol–water partition coefficient (Wildman–Crippen LogP) is 0.672. The van der Waals surface area contributed by atoms with E-state index in [4.69, 9.17) is 5.11 Å². The molecule has 1 aliphatic rings. The maximum Gasteiger partial charge on any atom is 0.0777 e. The van der Waals surface area contributed by atoms with Crippen molar-refractivity contribution >= 4 is 0 Å². The van der Waals surface area contributed by atoms with Crippen LogP contribution in [0.15, 0.2) is 0 Å². The van der Waals surface area contributed by atoms with E-state index in [9.17, 15) is 10.2 Å². The molecule has 0 heterocycles. The molecule has 0 aliphatic heterocycles. The molecule has 0 bridgehead atoms. The molecule has 0 spiro atoms. The van der Waals surface area contributed by atoms with E-state index >= 15 is 0 Å². The molecule has 0 saturated heterocycles. The van der Waals surface area contributed by atoms with Crippen molar-refractivity contribution in [2.75, 3.05) is 13.2 Å². The highest BCUT2D eigenvalue weighted by Crippen LogP contribution is 2.39. The number of hydrogen-bond acceptors (Lipinski definition) is 3. The van der Waals surface area contributed by atoms with Gasteiger partial charge in [0.15, 0.2) is 0 Å². The third kappa shape index (κ3) is 2.93. The Hall–Kier alpha value is -0.120. The van der Waals surface area contributed by atoms with Crippen molar-refractivity contribution < 1.29 is 15.3 Å². The van der Waals surface area contributed by atoms with Gasteiger partial charge in [-0.2, -0.15) is 0 Å². The van der Waals surface area contributed by atoms with Gasteiger partial charge in [-0.15, -0.1) is 0 Å². The normalized spacial score (nSPS) is 24.2. The van der Waals surface area contributed by atoms with Gasteiger partial charge in [-0.3, -0.25) is 0 Å². The second-order valence-electron chi connectivity index (χ2n) is 4.26. The molecule has 0 aromatic carbocycles. The molecule has 78 valence electrons. The summed E-state index contributed by atoms with van der Waals surface area (Å²) in [5.41, 5.74) is -0.111. The molecule has 3 nitrogen and oxygen atoms in total. The van der Waals surface area contributed by atoms with E-state index in [0.29, 0.717) is 6.42 Å². The smallest absolute Gasteiger partial charge is 0.0777 e. The fraction of sp³-hybridized carbons (Fsp3) is 1.00. The molecule has 0 radical (unpaired) electrons. The minimum Gasteiger partial charge on any atom is -0.396 e. The van der Waals surface area contributed by atoms with Crippen LogP contribution in [0.4, 0.5) is 0 Å². The predicted molar refractivity (Wildman–Crippen MR) is 50.3 cm³/mol. The lowest BCUT2D eigenvalue weighted by Crippen LogP contribution is -2.33. The van der Waals surface area contributed by atoms with E-state index in [1.807, 2.05) is 0 Å². The van der Waals surface area contributed by atoms with E-state index in [1.165, 1.54) is 6.42 Å². The van der Waals surface area contributed by atoms with Crippen molar-refractivity contribution in [3.05, 3.63) is 0 Å². The second kappa shape index (κ2) is 4.94. The number of rotatable bonds is 4. The summed E-state index contributed by atoms with van der Waals surface area (Å²) in [4.78, 5) is 0. The van der Waals surface area contributed by atoms with Crippen molar-refractivity contribution in [2.45, 2.75) is 44.6 Å². The van der Waals surface area contributed by atoms with Crippen LogP contribution in [0.2, 0.25) is 0 Å². The molecule has 13 heavy (non-hydrogen) atoms. The highest BCUT2D eigenvalue weighted by molar-refractivity contribution is 4.84. The van der Waals surface area contributed by atoms with Gasteiger partial charge < -0.3 is 15.3 Å². The quantitative estimate of drug-likeness (QED) is 0.608. The van der Waals surface area contributed by atoms with Gasteiger partial charge in [-0.25, -0.2) is 0 Å². The third-order valence-corrected chi connectivity index (χ3v) is 3.13. The summed E-state index contributed by atoms with van der Waals surface area (Å²) in [7, 11) is 0. The Morgan fingerprint density at radius 3 is 2.15 bits per heavy atom. The first kappa shape index (κ1) is 11.0. The number of aliphatic hydroxyl groups is 3. The molecule has 0 aromatic heterocycles. The minimum atomic E-state index is -0.662. The van der Waals surface area contributed by atoms with Crippen LogP contribution >= 0.6 is 0 Å². The van der Waals surface area contributed by atoms with E-state index in [-0.39, 0.29) is 18.6 Å². The zero-order valence-corrected chi connectivity index (χ0v) is 8.08. The summed E-state index contributed by atoms with van der Waals surface area (Å²) in [6, 6.07) is 0. The van der Waals surface area contributed by atoms with Crippen LogP contribution in [-0.4, -0.2) is 34.6 Å². The van der Waals surface area contributed by atoms with Crippen LogP contribution in [0.5, 0.6) is 0 Å². The molecule has 1 fully saturated rings. The topological polar surface area (TPSA) is 60.7 Å². The Morgan fingerprint density at radius 1 is 1.08 bits per heavy atom. The van der Waals surface area contributed by atoms with Crippen LogP contribution in [0.3, 0.4) is 0 Å². The maximum absolute atomic E-state index is 9.35. The molecule has 1 unspecified atom stereocenters. The lowest BCUT2D eigenvalue weighted by Gasteiger charge is -2.36. The second-order valence-corrected chi connectivity index (χ2v) is 4.26. The maximum atomic E-state index is 9.35. The average Bonchev–Trinajstić information content (AvgIpc) is 2.19. The molecule has 1 atom stereocenters. The van der Waals surface area contributed by atoms with Gasteiger partial charge >= 0.3 is 0 Å². The van der Waals surface area contributed by atoms with Gasteiger partial charge in [-0.1, -0.05) is 19.3 Å². The zero-order chi connectivity index (χ0) is 9.73. The fourth-order valence-electron chi connectivity index (χ4n) is 2.29. The largest absolute Gasteiger partial charge is 0.396 e. The molecule has 1 saturated carbocycles. The molecule has 1 aliphatic carbocycles. The fourth-order valence-corrected chi connectivity index (χ4v) is 2.29. The van der Waals surface area contributed by atoms with Crippen LogP contribution < -0.4 is 0 Å². The van der Waals surface area contributed by atoms with Crippen LogP contribution in [-0.2, 0) is 0 Å². The van der Waals surface area contributed by atoms with E-state index in [2.05, 4.69) is 0 Å². The summed E-state index contributed by atoms with van der Waals surface area (Å²) >= 11 is 0. The van der Waals surface area contributed by atoms with Crippen molar-refractivity contribution in [1.29, 1.82) is 0 Å². The molecular weight excluding hydrogens is 168 g/mol. The summed E-state index contributed by atoms with van der Waals surface area (Å²) in [5, 5.41) is 27.4. The van der Waals surface area contributed by atoms with E-state index in [1.54, 1.807) is 0 Å². The van der Waals surface area contributed by atoms with Gasteiger partial charge in [0.2, 0.25) is 0 Å². The monoisotopic (exact) mass is 188 g/mol. The Bertz CT molecular complexity index is 141. The van der Waals surface area contributed by atoms with Crippen molar-refractivity contribution in [3.63, 3.8) is 0 Å². The van der Waals surface area contributed by atoms with Crippen molar-refractivity contribution in [3.8, 4) is 0 Å². The van der Waals surface area contributed by atoms with Gasteiger partial charge in [0.1, 0.15) is 0 Å². The first-order chi connectivity index (χ1) is 6.22. The van der Waals surface area contributed by atoms with Crippen LogP contribution in [0.25, 0.3) is 0 Å². The minimum absolute atomic E-state index is 0.111. The summed E-state index contributed by atoms with van der Waals surface area (Å²) in [6.07, 6.45) is 5.36. The highest BCUT2D eigenvalue weighted by Gasteiger charge is 2.33. The highest BCUT2D eigenvalue weighted by atomic mass is 16.3.